The van der Waals surface area contributed by atoms with E-state index in [0.29, 0.717) is 18.7 Å². The maximum Gasteiger partial charge on any atom is 0.274 e. The molecule has 1 saturated carbocycles. The van der Waals surface area contributed by atoms with E-state index in [0.717, 1.165) is 45.3 Å². The summed E-state index contributed by atoms with van der Waals surface area (Å²) in [7, 11) is 0. The fraction of sp³-hybridized carbons (Fsp3) is 0.478. The van der Waals surface area contributed by atoms with Gasteiger partial charge in [0, 0.05) is 55.8 Å². The van der Waals surface area contributed by atoms with Crippen LogP contribution in [0, 0.1) is 0 Å². The molecule has 0 radical (unpaired) electrons. The highest BCUT2D eigenvalue weighted by atomic mass is 16.2. The number of carbonyl (C=O) groups excluding carboxylic acids is 2. The van der Waals surface area contributed by atoms with Gasteiger partial charge in [-0.2, -0.15) is 0 Å². The minimum atomic E-state index is -0.128. The lowest BCUT2D eigenvalue weighted by atomic mass is 10.0. The summed E-state index contributed by atoms with van der Waals surface area (Å²) >= 11 is 0. The number of rotatable bonds is 8. The zero-order valence-electron chi connectivity index (χ0n) is 17.3. The van der Waals surface area contributed by atoms with E-state index in [1.165, 1.54) is 18.0 Å². The minimum absolute atomic E-state index is 0.0316. The van der Waals surface area contributed by atoms with Crippen LogP contribution in [0.2, 0.25) is 0 Å². The second-order valence-electron chi connectivity index (χ2n) is 8.32. The molecule has 1 aromatic carbocycles. The van der Waals surface area contributed by atoms with Gasteiger partial charge in [-0.1, -0.05) is 30.3 Å². The molecule has 158 valence electrons. The topological polar surface area (TPSA) is 79.6 Å². The van der Waals surface area contributed by atoms with E-state index in [9.17, 15) is 9.59 Å². The van der Waals surface area contributed by atoms with Gasteiger partial charge in [0.25, 0.3) is 5.91 Å². The number of nitrogens with one attached hydrogen (secondary N) is 2. The average molecular weight is 409 g/mol. The van der Waals surface area contributed by atoms with E-state index in [1.807, 2.05) is 6.07 Å². The van der Waals surface area contributed by atoms with E-state index >= 15 is 0 Å². The normalized spacial score (nSPS) is 21.1. The summed E-state index contributed by atoms with van der Waals surface area (Å²) in [6.07, 6.45) is 8.89. The van der Waals surface area contributed by atoms with Crippen molar-refractivity contribution in [2.75, 3.05) is 19.6 Å². The Morgan fingerprint density at radius 1 is 1.07 bits per heavy atom. The van der Waals surface area contributed by atoms with Crippen molar-refractivity contribution < 1.29 is 14.5 Å². The summed E-state index contributed by atoms with van der Waals surface area (Å²) in [5.74, 6) is -0.0969. The molecular formula is C23H30N5O2+. The molecule has 0 spiro atoms. The highest BCUT2D eigenvalue weighted by Gasteiger charge is 2.34. The first kappa shape index (κ1) is 20.5. The van der Waals surface area contributed by atoms with Crippen molar-refractivity contribution in [2.24, 2.45) is 0 Å². The molecule has 4 rings (SSSR count). The van der Waals surface area contributed by atoms with Crippen molar-refractivity contribution in [1.82, 2.24) is 20.2 Å². The third kappa shape index (κ3) is 5.63. The number of hydrogen-bond donors (Lipinski definition) is 2. The van der Waals surface area contributed by atoms with Crippen molar-refractivity contribution in [3.05, 3.63) is 60.2 Å². The number of amides is 2. The number of benzene rings is 1. The highest BCUT2D eigenvalue weighted by molar-refractivity contribution is 5.92. The summed E-state index contributed by atoms with van der Waals surface area (Å²) in [5.41, 5.74) is 1.71. The maximum atomic E-state index is 12.7. The fourth-order valence-corrected chi connectivity index (χ4v) is 4.15. The Labute approximate surface area is 177 Å². The SMILES string of the molecule is O=C(CCN(C(=O)c1cnccn1)C1CC1)NC1CC[NH+](Cc2ccccc2)CC1. The standard InChI is InChI=1S/C23H29N5O2/c29-22(10-15-28(20-6-7-20)23(30)21-16-24-11-12-25-21)26-19-8-13-27(14-9-19)17-18-4-2-1-3-5-18/h1-5,11-12,16,19-20H,6-10,13-15,17H2,(H,26,29)/p+1. The van der Waals surface area contributed by atoms with Crippen LogP contribution in [0.5, 0.6) is 0 Å². The monoisotopic (exact) mass is 408 g/mol. The Bertz CT molecular complexity index is 833. The van der Waals surface area contributed by atoms with Crippen molar-refractivity contribution >= 4 is 11.8 Å². The van der Waals surface area contributed by atoms with Crippen LogP contribution in [0.3, 0.4) is 0 Å². The number of aromatic nitrogens is 2. The lowest BCUT2D eigenvalue weighted by Crippen LogP contribution is -3.12. The predicted molar refractivity (Wildman–Crippen MR) is 113 cm³/mol. The lowest BCUT2D eigenvalue weighted by molar-refractivity contribution is -0.918. The molecule has 2 aliphatic rings. The predicted octanol–water partition coefficient (Wildman–Crippen LogP) is 0.835. The Kier molecular flexibility index (Phi) is 6.69. The zero-order chi connectivity index (χ0) is 20.8. The number of piperidine rings is 1. The van der Waals surface area contributed by atoms with E-state index in [-0.39, 0.29) is 23.9 Å². The van der Waals surface area contributed by atoms with Crippen molar-refractivity contribution in [3.63, 3.8) is 0 Å². The highest BCUT2D eigenvalue weighted by Crippen LogP contribution is 2.28. The largest absolute Gasteiger partial charge is 0.353 e. The van der Waals surface area contributed by atoms with Crippen LogP contribution in [0.4, 0.5) is 0 Å². The molecule has 7 heteroatoms. The Balaban J connectivity index is 1.20. The van der Waals surface area contributed by atoms with Gasteiger partial charge in [0.15, 0.2) is 0 Å². The Hall–Kier alpha value is -2.80. The Morgan fingerprint density at radius 2 is 1.83 bits per heavy atom. The molecule has 2 aromatic rings. The van der Waals surface area contributed by atoms with Gasteiger partial charge in [-0.15, -0.1) is 0 Å². The third-order valence-electron chi connectivity index (χ3n) is 5.97. The Morgan fingerprint density at radius 3 is 2.50 bits per heavy atom. The molecule has 2 amide bonds. The van der Waals surface area contributed by atoms with Gasteiger partial charge in [-0.25, -0.2) is 4.98 Å². The second kappa shape index (κ2) is 9.80. The molecule has 7 nitrogen and oxygen atoms in total. The first-order chi connectivity index (χ1) is 14.7. The van der Waals surface area contributed by atoms with E-state index < -0.39 is 0 Å². The fourth-order valence-electron chi connectivity index (χ4n) is 4.15. The van der Waals surface area contributed by atoms with Crippen LogP contribution in [0.15, 0.2) is 48.9 Å². The number of quaternary nitrogens is 1. The van der Waals surface area contributed by atoms with Gasteiger partial charge in [0.05, 0.1) is 19.3 Å². The molecule has 1 aromatic heterocycles. The summed E-state index contributed by atoms with van der Waals surface area (Å²) in [5, 5.41) is 3.18. The van der Waals surface area contributed by atoms with Crippen LogP contribution >= 0.6 is 0 Å². The summed E-state index contributed by atoms with van der Waals surface area (Å²) < 4.78 is 0. The molecule has 1 aliphatic carbocycles. The molecule has 1 aliphatic heterocycles. The quantitative estimate of drug-likeness (QED) is 0.678. The molecule has 0 atom stereocenters. The average Bonchev–Trinajstić information content (AvgIpc) is 3.62. The first-order valence-corrected chi connectivity index (χ1v) is 10.9. The zero-order valence-corrected chi connectivity index (χ0v) is 17.3. The molecule has 0 bridgehead atoms. The molecular weight excluding hydrogens is 378 g/mol. The van der Waals surface area contributed by atoms with Crippen LogP contribution in [0.1, 0.15) is 48.2 Å². The number of likely N-dealkylation sites (tertiary alicyclic amines) is 1. The number of hydrogen-bond acceptors (Lipinski definition) is 4. The number of carbonyl (C=O) groups is 2. The number of nitrogens with zero attached hydrogens (tertiary/aromatic N) is 3. The van der Waals surface area contributed by atoms with Crippen LogP contribution in [-0.2, 0) is 11.3 Å². The first-order valence-electron chi connectivity index (χ1n) is 10.9. The lowest BCUT2D eigenvalue weighted by Gasteiger charge is -2.30. The van der Waals surface area contributed by atoms with Gasteiger partial charge in [0.1, 0.15) is 12.2 Å². The van der Waals surface area contributed by atoms with Crippen molar-refractivity contribution in [3.8, 4) is 0 Å². The summed E-state index contributed by atoms with van der Waals surface area (Å²) in [4.78, 5) is 36.7. The molecule has 30 heavy (non-hydrogen) atoms. The van der Waals surface area contributed by atoms with E-state index in [2.05, 4.69) is 39.6 Å². The maximum absolute atomic E-state index is 12.7. The molecule has 1 saturated heterocycles. The molecule has 0 unspecified atom stereocenters. The van der Waals surface area contributed by atoms with Crippen LogP contribution in [-0.4, -0.2) is 58.4 Å². The van der Waals surface area contributed by atoms with Gasteiger partial charge in [-0.05, 0) is 12.8 Å². The summed E-state index contributed by atoms with van der Waals surface area (Å²) in [6, 6.07) is 11.0. The van der Waals surface area contributed by atoms with E-state index in [1.54, 1.807) is 16.0 Å². The second-order valence-corrected chi connectivity index (χ2v) is 8.32. The molecule has 2 heterocycles. The van der Waals surface area contributed by atoms with Crippen molar-refractivity contribution in [1.29, 1.82) is 0 Å². The van der Waals surface area contributed by atoms with Crippen LogP contribution in [0.25, 0.3) is 0 Å². The van der Waals surface area contributed by atoms with Gasteiger partial charge in [0.2, 0.25) is 5.91 Å². The summed E-state index contributed by atoms with van der Waals surface area (Å²) in [6.45, 7) is 3.62. The van der Waals surface area contributed by atoms with Gasteiger partial charge >= 0.3 is 0 Å². The molecule has 2 fully saturated rings. The minimum Gasteiger partial charge on any atom is -0.353 e. The molecule has 2 N–H and O–H groups in total. The van der Waals surface area contributed by atoms with Gasteiger partial charge in [-0.3, -0.25) is 14.6 Å². The van der Waals surface area contributed by atoms with Crippen LogP contribution < -0.4 is 10.2 Å². The smallest absolute Gasteiger partial charge is 0.274 e. The van der Waals surface area contributed by atoms with E-state index in [4.69, 9.17) is 0 Å². The van der Waals surface area contributed by atoms with Gasteiger partial charge < -0.3 is 15.1 Å². The third-order valence-corrected chi connectivity index (χ3v) is 5.97. The van der Waals surface area contributed by atoms with Crippen molar-refractivity contribution in [2.45, 2.75) is 50.7 Å².